The molecule has 0 N–H and O–H groups in total. The van der Waals surface area contributed by atoms with Crippen LogP contribution in [0.25, 0.3) is 0 Å². The van der Waals surface area contributed by atoms with Crippen LogP contribution in [0.4, 0.5) is 0 Å². The molecule has 1 aliphatic heterocycles. The van der Waals surface area contributed by atoms with Crippen molar-refractivity contribution in [3.8, 4) is 0 Å². The Bertz CT molecular complexity index is 2300. The lowest BCUT2D eigenvalue weighted by Crippen LogP contribution is -2.55. The number of cyclic esters (lactones) is 4. The zero-order valence-corrected chi connectivity index (χ0v) is 48.8. The Morgan fingerprint density at radius 2 is 0.463 bits per heavy atom. The van der Waals surface area contributed by atoms with Crippen molar-refractivity contribution >= 4 is 47.5 Å². The van der Waals surface area contributed by atoms with Crippen molar-refractivity contribution in [2.45, 2.75) is 155 Å². The summed E-state index contributed by atoms with van der Waals surface area (Å²) < 4.78 is 25.0. The van der Waals surface area contributed by atoms with Gasteiger partial charge in [0.1, 0.15) is 24.2 Å². The first-order valence-electron chi connectivity index (χ1n) is 28.0. The normalized spacial score (nSPS) is 23.1. The first kappa shape index (κ1) is 63.5. The van der Waals surface area contributed by atoms with E-state index in [1.807, 2.05) is 55.4 Å². The average Bonchev–Trinajstić information content (AvgIpc) is 3.43. The van der Waals surface area contributed by atoms with E-state index in [9.17, 15) is 19.2 Å². The lowest BCUT2D eigenvalue weighted by molar-refractivity contribution is -0.177. The van der Waals surface area contributed by atoms with Gasteiger partial charge in [0.05, 0.1) is 0 Å². The number of esters is 4. The van der Waals surface area contributed by atoms with Crippen molar-refractivity contribution in [2.24, 2.45) is 23.7 Å². The minimum atomic E-state index is -1.52. The van der Waals surface area contributed by atoms with Crippen LogP contribution in [0.2, 0.25) is 0 Å². The summed E-state index contributed by atoms with van der Waals surface area (Å²) in [6, 6.07) is 30.4. The highest BCUT2D eigenvalue weighted by Crippen LogP contribution is 2.26. The molecule has 0 aromatic heterocycles. The molecule has 0 spiro atoms. The van der Waals surface area contributed by atoms with Gasteiger partial charge in [-0.1, -0.05) is 177 Å². The zero-order valence-electron chi connectivity index (χ0n) is 48.8. The van der Waals surface area contributed by atoms with Gasteiger partial charge in [-0.25, -0.2) is 19.2 Å². The first-order chi connectivity index (χ1) is 37.9. The Balaban J connectivity index is 1.72. The fourth-order valence-electron chi connectivity index (χ4n) is 9.86. The van der Waals surface area contributed by atoms with Crippen LogP contribution in [-0.2, 0) is 83.0 Å². The molecule has 0 saturated carbocycles. The molecule has 5 rings (SSSR count). The summed E-state index contributed by atoms with van der Waals surface area (Å²) >= 11 is 0. The number of carbonyl (C=O) groups excluding carboxylic acids is 8. The second-order valence-corrected chi connectivity index (χ2v) is 22.8. The second kappa shape index (κ2) is 30.3. The third-order valence-corrected chi connectivity index (χ3v) is 14.3. The van der Waals surface area contributed by atoms with Crippen LogP contribution in [0, 0.1) is 23.7 Å². The largest absolute Gasteiger partial charge is 0.450 e. The number of hydrogen-bond donors (Lipinski definition) is 0. The Morgan fingerprint density at radius 3 is 0.613 bits per heavy atom. The Labute approximate surface area is 473 Å². The van der Waals surface area contributed by atoms with Gasteiger partial charge in [-0.05, 0) is 71.6 Å². The highest BCUT2D eigenvalue weighted by Gasteiger charge is 2.44. The van der Waals surface area contributed by atoms with E-state index in [1.54, 1.807) is 121 Å². The molecule has 16 nitrogen and oxygen atoms in total. The number of nitrogens with zero attached hydrogens (tertiary/aromatic N) is 4. The molecular weight excluding hydrogens is 1020 g/mol. The maximum Gasteiger partial charge on any atom is 0.329 e. The molecule has 16 heteroatoms. The quantitative estimate of drug-likeness (QED) is 0.0777. The SMILES string of the molecule is CC(C)C[C@H]1C(=O)O[C@H](Cc2ccccc2)C(=O)N(C)[C@@H](CC(C)C)C(=O)O[C@H](Cc2ccccc2)C(=O)N(C)[C@@H](CC(C)C)C(=O)O[C@H](Cc2ccccc2)C(=O)N(C)[C@@H](CC(C)C)C(=O)O[C@H](Cc2ccccc2)C(=O)N1C. The van der Waals surface area contributed by atoms with E-state index in [0.29, 0.717) is 22.3 Å². The number of hydrogen-bond acceptors (Lipinski definition) is 12. The van der Waals surface area contributed by atoms with E-state index in [2.05, 4.69) is 0 Å². The topological polar surface area (TPSA) is 186 Å². The van der Waals surface area contributed by atoms with E-state index in [0.717, 1.165) is 0 Å². The van der Waals surface area contributed by atoms with Gasteiger partial charge in [-0.15, -0.1) is 0 Å². The van der Waals surface area contributed by atoms with Crippen LogP contribution in [0.5, 0.6) is 0 Å². The van der Waals surface area contributed by atoms with Gasteiger partial charge >= 0.3 is 23.9 Å². The van der Waals surface area contributed by atoms with E-state index in [4.69, 9.17) is 18.9 Å². The summed E-state index contributed by atoms with van der Waals surface area (Å²) in [5.74, 6) is -7.37. The smallest absolute Gasteiger partial charge is 0.329 e. The Kier molecular flexibility index (Phi) is 24.0. The summed E-state index contributed by atoms with van der Waals surface area (Å²) in [5.41, 5.74) is 2.55. The Morgan fingerprint density at radius 1 is 0.300 bits per heavy atom. The number of benzene rings is 4. The van der Waals surface area contributed by atoms with Crippen LogP contribution in [-0.4, -0.2) is 144 Å². The summed E-state index contributed by atoms with van der Waals surface area (Å²) in [4.78, 5) is 125. The van der Waals surface area contributed by atoms with Gasteiger partial charge in [0.2, 0.25) is 0 Å². The molecule has 8 atom stereocenters. The molecule has 0 bridgehead atoms. The second-order valence-electron chi connectivity index (χ2n) is 22.8. The fraction of sp³-hybridized carbons (Fsp3) is 0.500. The van der Waals surface area contributed by atoms with Gasteiger partial charge in [0, 0.05) is 53.9 Å². The summed E-state index contributed by atoms with van der Waals surface area (Å²) in [7, 11) is 5.68. The highest BCUT2D eigenvalue weighted by molar-refractivity contribution is 5.95. The van der Waals surface area contributed by atoms with Crippen molar-refractivity contribution in [1.29, 1.82) is 0 Å². The molecule has 0 radical (unpaired) electrons. The molecule has 80 heavy (non-hydrogen) atoms. The molecule has 0 aliphatic carbocycles. The predicted molar refractivity (Wildman–Crippen MR) is 304 cm³/mol. The van der Waals surface area contributed by atoms with Gasteiger partial charge in [-0.2, -0.15) is 0 Å². The Hall–Kier alpha value is -7.36. The molecule has 4 aromatic rings. The summed E-state index contributed by atoms with van der Waals surface area (Å²) in [6.45, 7) is 14.9. The van der Waals surface area contributed by atoms with Gasteiger partial charge in [-0.3, -0.25) is 19.2 Å². The number of ether oxygens (including phenoxy) is 4. The molecular formula is C64H84N4O12. The number of carbonyl (C=O) groups is 8. The van der Waals surface area contributed by atoms with Crippen LogP contribution in [0.1, 0.15) is 103 Å². The van der Waals surface area contributed by atoms with Gasteiger partial charge in [0.25, 0.3) is 23.6 Å². The molecule has 0 unspecified atom stereocenters. The molecule has 1 saturated heterocycles. The van der Waals surface area contributed by atoms with E-state index in [1.165, 1.54) is 47.8 Å². The highest BCUT2D eigenvalue weighted by atomic mass is 16.6. The van der Waals surface area contributed by atoms with Crippen molar-refractivity contribution in [3.05, 3.63) is 144 Å². The standard InChI is InChI=1S/C64H84N4O12/c1-41(2)33-49-61(73)77-54(38-46-27-19-14-20-28-46)58(70)66(10)51(35-43(5)6)63(75)79-56(40-48-31-23-16-24-32-48)60(72)68(12)52(36-44(7)8)64(76)80-55(39-47-29-21-15-22-30-47)59(71)67(11)50(34-42(3)4)62(74)78-53(57(69)65(49)9)37-45-25-17-13-18-26-45/h13-32,41-44,49-56H,33-40H2,1-12H3/t49-,50-,51-,52-,53+,54+,55+,56+/m0/s1. The van der Waals surface area contributed by atoms with Gasteiger partial charge < -0.3 is 38.5 Å². The lowest BCUT2D eigenvalue weighted by atomic mass is 9.99. The monoisotopic (exact) mass is 1100 g/mol. The average molecular weight is 1100 g/mol. The summed E-state index contributed by atoms with van der Waals surface area (Å²) in [5, 5.41) is 0. The maximum atomic E-state index is 15.1. The lowest BCUT2D eigenvalue weighted by Gasteiger charge is -2.36. The van der Waals surface area contributed by atoms with Crippen molar-refractivity contribution in [2.75, 3.05) is 28.2 Å². The molecule has 1 aliphatic rings. The fourth-order valence-corrected chi connectivity index (χ4v) is 9.86. The minimum absolute atomic E-state index is 0.0789. The molecule has 4 aromatic carbocycles. The van der Waals surface area contributed by atoms with E-state index in [-0.39, 0.29) is 75.0 Å². The molecule has 1 heterocycles. The molecule has 432 valence electrons. The van der Waals surface area contributed by atoms with Crippen molar-refractivity contribution in [1.82, 2.24) is 19.6 Å². The maximum absolute atomic E-state index is 15.1. The third kappa shape index (κ3) is 18.3. The van der Waals surface area contributed by atoms with Crippen LogP contribution in [0.3, 0.4) is 0 Å². The van der Waals surface area contributed by atoms with E-state index < -0.39 is 96.1 Å². The third-order valence-electron chi connectivity index (χ3n) is 14.3. The summed E-state index contributed by atoms with van der Waals surface area (Å²) in [6.07, 6.45) is -6.21. The number of likely N-dealkylation sites (N-methyl/N-ethyl adjacent to an activating group) is 4. The van der Waals surface area contributed by atoms with Crippen LogP contribution >= 0.6 is 0 Å². The zero-order chi connectivity index (χ0) is 58.8. The molecule has 1 fully saturated rings. The number of amides is 4. The van der Waals surface area contributed by atoms with Crippen molar-refractivity contribution < 1.29 is 57.3 Å². The van der Waals surface area contributed by atoms with Gasteiger partial charge in [0.15, 0.2) is 24.4 Å². The predicted octanol–water partition coefficient (Wildman–Crippen LogP) is 8.11. The first-order valence-corrected chi connectivity index (χ1v) is 28.0. The van der Waals surface area contributed by atoms with Crippen LogP contribution < -0.4 is 0 Å². The number of rotatable bonds is 16. The molecule has 4 amide bonds. The minimum Gasteiger partial charge on any atom is -0.450 e. The van der Waals surface area contributed by atoms with Crippen LogP contribution in [0.15, 0.2) is 121 Å². The van der Waals surface area contributed by atoms with Crippen molar-refractivity contribution in [3.63, 3.8) is 0 Å². The van der Waals surface area contributed by atoms with E-state index >= 15 is 19.2 Å².